The minimum absolute atomic E-state index is 0.370. The van der Waals surface area contributed by atoms with Crippen molar-refractivity contribution in [2.45, 2.75) is 6.18 Å². The van der Waals surface area contributed by atoms with E-state index in [1.807, 2.05) is 0 Å². The highest BCUT2D eigenvalue weighted by atomic mass is 19.4. The van der Waals surface area contributed by atoms with Crippen molar-refractivity contribution in [1.29, 1.82) is 0 Å². The molecule has 7 heteroatoms. The van der Waals surface area contributed by atoms with E-state index < -0.39 is 23.4 Å². The van der Waals surface area contributed by atoms with Crippen molar-refractivity contribution in [3.05, 3.63) is 71.9 Å². The first-order valence-electron chi connectivity index (χ1n) is 6.53. The normalized spacial score (nSPS) is 11.7. The van der Waals surface area contributed by atoms with Gasteiger partial charge in [-0.05, 0) is 48.5 Å². The van der Waals surface area contributed by atoms with E-state index >= 15 is 0 Å². The minimum atomic E-state index is -4.40. The van der Waals surface area contributed by atoms with Crippen LogP contribution in [0.1, 0.15) is 5.56 Å². The Bertz CT molecular complexity index is 834. The molecule has 1 heterocycles. The molecule has 118 valence electrons. The van der Waals surface area contributed by atoms with Crippen LogP contribution in [0.3, 0.4) is 0 Å². The lowest BCUT2D eigenvalue weighted by atomic mass is 10.1. The second-order valence-electron chi connectivity index (χ2n) is 4.82. The van der Waals surface area contributed by atoms with E-state index in [9.17, 15) is 22.0 Å². The zero-order valence-electron chi connectivity index (χ0n) is 11.5. The molecule has 0 atom stereocenters. The van der Waals surface area contributed by atoms with Crippen molar-refractivity contribution in [2.75, 3.05) is 0 Å². The van der Waals surface area contributed by atoms with E-state index in [1.165, 1.54) is 29.1 Å². The molecule has 0 unspecified atom stereocenters. The molecule has 0 amide bonds. The molecule has 0 aliphatic carbocycles. The zero-order valence-corrected chi connectivity index (χ0v) is 11.5. The molecule has 0 saturated carbocycles. The Hall–Kier alpha value is -2.70. The summed E-state index contributed by atoms with van der Waals surface area (Å²) < 4.78 is 65.1. The molecule has 0 aliphatic heterocycles. The average molecular weight is 324 g/mol. The molecule has 0 bridgehead atoms. The van der Waals surface area contributed by atoms with Crippen molar-refractivity contribution < 1.29 is 22.0 Å². The van der Waals surface area contributed by atoms with Gasteiger partial charge in [-0.3, -0.25) is 0 Å². The molecule has 0 spiro atoms. The first-order chi connectivity index (χ1) is 10.8. The zero-order chi connectivity index (χ0) is 16.6. The van der Waals surface area contributed by atoms with Crippen molar-refractivity contribution >= 4 is 0 Å². The maximum Gasteiger partial charge on any atom is 0.416 e. The maximum atomic E-state index is 13.2. The molecule has 3 aromatic rings. The molecule has 0 fully saturated rings. The van der Waals surface area contributed by atoms with Gasteiger partial charge in [0.25, 0.3) is 0 Å². The third-order valence-corrected chi connectivity index (χ3v) is 3.26. The minimum Gasteiger partial charge on any atom is -0.240 e. The van der Waals surface area contributed by atoms with Crippen LogP contribution in [0, 0.1) is 11.6 Å². The first kappa shape index (κ1) is 15.2. The summed E-state index contributed by atoms with van der Waals surface area (Å²) in [4.78, 5) is 0. The second-order valence-corrected chi connectivity index (χ2v) is 4.82. The first-order valence-corrected chi connectivity index (χ1v) is 6.53. The van der Waals surface area contributed by atoms with Crippen molar-refractivity contribution in [1.82, 2.24) is 9.78 Å². The van der Waals surface area contributed by atoms with E-state index in [4.69, 9.17) is 0 Å². The average Bonchev–Trinajstić information content (AvgIpc) is 2.99. The smallest absolute Gasteiger partial charge is 0.240 e. The summed E-state index contributed by atoms with van der Waals surface area (Å²) in [7, 11) is 0. The number of nitrogens with zero attached hydrogens (tertiary/aromatic N) is 2. The van der Waals surface area contributed by atoms with Gasteiger partial charge in [0.05, 0.1) is 16.9 Å². The van der Waals surface area contributed by atoms with Crippen LogP contribution in [0.25, 0.3) is 16.9 Å². The van der Waals surface area contributed by atoms with Gasteiger partial charge in [0, 0.05) is 11.8 Å². The van der Waals surface area contributed by atoms with Gasteiger partial charge in [0.15, 0.2) is 11.6 Å². The fourth-order valence-corrected chi connectivity index (χ4v) is 2.08. The van der Waals surface area contributed by atoms with Crippen LogP contribution in [-0.2, 0) is 6.18 Å². The summed E-state index contributed by atoms with van der Waals surface area (Å²) in [5.41, 5.74) is 0.416. The molecule has 3 rings (SSSR count). The topological polar surface area (TPSA) is 17.8 Å². The van der Waals surface area contributed by atoms with Crippen LogP contribution in [0.4, 0.5) is 22.0 Å². The quantitative estimate of drug-likeness (QED) is 0.617. The number of aromatic nitrogens is 2. The summed E-state index contributed by atoms with van der Waals surface area (Å²) in [6, 6.07) is 9.40. The predicted octanol–water partition coefficient (Wildman–Crippen LogP) is 4.84. The molecule has 0 N–H and O–H groups in total. The van der Waals surface area contributed by atoms with E-state index in [0.29, 0.717) is 16.9 Å². The van der Waals surface area contributed by atoms with Crippen molar-refractivity contribution in [3.8, 4) is 16.9 Å². The van der Waals surface area contributed by atoms with E-state index in [1.54, 1.807) is 6.07 Å². The molecule has 2 aromatic carbocycles. The Labute approximate surface area is 127 Å². The van der Waals surface area contributed by atoms with Gasteiger partial charge in [-0.2, -0.15) is 18.3 Å². The Morgan fingerprint density at radius 3 is 2.13 bits per heavy atom. The van der Waals surface area contributed by atoms with Crippen LogP contribution in [0.15, 0.2) is 54.7 Å². The van der Waals surface area contributed by atoms with Gasteiger partial charge in [0.2, 0.25) is 0 Å². The van der Waals surface area contributed by atoms with Gasteiger partial charge in [-0.25, -0.2) is 13.5 Å². The van der Waals surface area contributed by atoms with Crippen LogP contribution < -0.4 is 0 Å². The molecule has 2 nitrogen and oxygen atoms in total. The standard InChI is InChI=1S/C16H9F5N2/c17-13-6-1-10(9-14(13)18)15-7-8-23(22-15)12-4-2-11(3-5-12)16(19,20)21/h1-9H. The lowest BCUT2D eigenvalue weighted by Crippen LogP contribution is -2.05. The Morgan fingerprint density at radius 1 is 0.826 bits per heavy atom. The Kier molecular flexibility index (Phi) is 3.63. The molecule has 23 heavy (non-hydrogen) atoms. The largest absolute Gasteiger partial charge is 0.416 e. The summed E-state index contributed by atoms with van der Waals surface area (Å²) in [6.45, 7) is 0. The van der Waals surface area contributed by atoms with E-state index in [0.717, 1.165) is 24.3 Å². The van der Waals surface area contributed by atoms with Crippen LogP contribution in [0.5, 0.6) is 0 Å². The maximum absolute atomic E-state index is 13.2. The lowest BCUT2D eigenvalue weighted by molar-refractivity contribution is -0.137. The highest BCUT2D eigenvalue weighted by Gasteiger charge is 2.30. The number of halogens is 5. The number of alkyl halides is 3. The lowest BCUT2D eigenvalue weighted by Gasteiger charge is -2.07. The summed E-state index contributed by atoms with van der Waals surface area (Å²) >= 11 is 0. The molecular weight excluding hydrogens is 315 g/mol. The number of rotatable bonds is 2. The van der Waals surface area contributed by atoms with Gasteiger partial charge in [0.1, 0.15) is 0 Å². The summed E-state index contributed by atoms with van der Waals surface area (Å²) in [6.07, 6.45) is -2.88. The molecule has 0 aliphatic rings. The number of hydrogen-bond donors (Lipinski definition) is 0. The third-order valence-electron chi connectivity index (χ3n) is 3.26. The number of hydrogen-bond acceptors (Lipinski definition) is 1. The monoisotopic (exact) mass is 324 g/mol. The third kappa shape index (κ3) is 3.08. The van der Waals surface area contributed by atoms with Crippen LogP contribution in [-0.4, -0.2) is 9.78 Å². The van der Waals surface area contributed by atoms with Crippen LogP contribution in [0.2, 0.25) is 0 Å². The Balaban J connectivity index is 1.91. The predicted molar refractivity (Wildman–Crippen MR) is 73.9 cm³/mol. The summed E-state index contributed by atoms with van der Waals surface area (Å²) in [5.74, 6) is -1.96. The van der Waals surface area contributed by atoms with Gasteiger partial charge in [-0.15, -0.1) is 0 Å². The second kappa shape index (κ2) is 5.49. The van der Waals surface area contributed by atoms with E-state index in [2.05, 4.69) is 5.10 Å². The molecular formula is C16H9F5N2. The fourth-order valence-electron chi connectivity index (χ4n) is 2.08. The van der Waals surface area contributed by atoms with Gasteiger partial charge < -0.3 is 0 Å². The van der Waals surface area contributed by atoms with Crippen LogP contribution >= 0.6 is 0 Å². The Morgan fingerprint density at radius 2 is 1.52 bits per heavy atom. The highest BCUT2D eigenvalue weighted by Crippen LogP contribution is 2.29. The molecule has 1 aromatic heterocycles. The van der Waals surface area contributed by atoms with Gasteiger partial charge in [-0.1, -0.05) is 0 Å². The van der Waals surface area contributed by atoms with E-state index in [-0.39, 0.29) is 0 Å². The summed E-state index contributed by atoms with van der Waals surface area (Å²) in [5, 5.41) is 4.16. The molecule has 0 saturated heterocycles. The number of benzene rings is 2. The highest BCUT2D eigenvalue weighted by molar-refractivity contribution is 5.59. The SMILES string of the molecule is Fc1ccc(-c2ccn(-c3ccc(C(F)(F)F)cc3)n2)cc1F. The fraction of sp³-hybridized carbons (Fsp3) is 0.0625. The molecule has 0 radical (unpaired) electrons. The van der Waals surface area contributed by atoms with Gasteiger partial charge >= 0.3 is 6.18 Å². The van der Waals surface area contributed by atoms with Crippen molar-refractivity contribution in [3.63, 3.8) is 0 Å². The van der Waals surface area contributed by atoms with Crippen molar-refractivity contribution in [2.24, 2.45) is 0 Å².